The van der Waals surface area contributed by atoms with Crippen LogP contribution in [0.1, 0.15) is 34.3 Å². The number of nitrogens with zero attached hydrogens (tertiary/aromatic N) is 1. The molecule has 3 rings (SSSR count). The third-order valence-electron chi connectivity index (χ3n) is 5.47. The minimum atomic E-state index is -0.946. The molecule has 1 aliphatic heterocycles. The molecule has 2 aromatic carbocycles. The van der Waals surface area contributed by atoms with Gasteiger partial charge in [0.1, 0.15) is 0 Å². The summed E-state index contributed by atoms with van der Waals surface area (Å²) in [6.07, 6.45) is 2.34. The van der Waals surface area contributed by atoms with E-state index in [9.17, 15) is 9.90 Å². The van der Waals surface area contributed by atoms with Gasteiger partial charge in [0.25, 0.3) is 0 Å². The van der Waals surface area contributed by atoms with E-state index in [0.29, 0.717) is 25.1 Å². The fraction of sp³-hybridized carbons (Fsp3) is 0.364. The van der Waals surface area contributed by atoms with Gasteiger partial charge in [0.2, 0.25) is 0 Å². The minimum Gasteiger partial charge on any atom is -0.478 e. The second-order valence-electron chi connectivity index (χ2n) is 7.34. The van der Waals surface area contributed by atoms with Crippen molar-refractivity contribution >= 4 is 11.7 Å². The van der Waals surface area contributed by atoms with E-state index < -0.39 is 11.6 Å². The summed E-state index contributed by atoms with van der Waals surface area (Å²) in [6, 6.07) is 16.3. The van der Waals surface area contributed by atoms with Crippen LogP contribution in [0, 0.1) is 17.2 Å². The Hall–Kier alpha value is -2.88. The standard InChI is InChI=1S/C22H25N3O3/c23-13-17-3-1-16(2-4-17)5-8-19(22(28)11-12-24-15-22)14-25-20-9-6-18(7-10-20)21(26)27/h1-4,6-7,9-10,19,24-25,28H,5,8,11-12,14-15H2,(H,26,27). The number of rotatable bonds is 8. The van der Waals surface area contributed by atoms with Gasteiger partial charge in [-0.3, -0.25) is 0 Å². The van der Waals surface area contributed by atoms with E-state index >= 15 is 0 Å². The number of aromatic carboxylic acids is 1. The van der Waals surface area contributed by atoms with Gasteiger partial charge in [0.15, 0.2) is 0 Å². The molecule has 0 aliphatic carbocycles. The summed E-state index contributed by atoms with van der Waals surface area (Å²) in [4.78, 5) is 11.0. The molecule has 0 spiro atoms. The first-order valence-corrected chi connectivity index (χ1v) is 9.49. The molecule has 0 amide bonds. The van der Waals surface area contributed by atoms with Crippen LogP contribution in [0.5, 0.6) is 0 Å². The quantitative estimate of drug-likeness (QED) is 0.562. The average Bonchev–Trinajstić information content (AvgIpc) is 3.16. The summed E-state index contributed by atoms with van der Waals surface area (Å²) < 4.78 is 0. The van der Waals surface area contributed by atoms with E-state index in [4.69, 9.17) is 10.4 Å². The number of benzene rings is 2. The summed E-state index contributed by atoms with van der Waals surface area (Å²) in [6.45, 7) is 1.97. The van der Waals surface area contributed by atoms with Gasteiger partial charge in [-0.15, -0.1) is 0 Å². The zero-order valence-electron chi connectivity index (χ0n) is 15.7. The number of aliphatic hydroxyl groups is 1. The van der Waals surface area contributed by atoms with Gasteiger partial charge in [0, 0.05) is 24.7 Å². The molecule has 1 fully saturated rings. The molecular formula is C22H25N3O3. The third-order valence-corrected chi connectivity index (χ3v) is 5.47. The van der Waals surface area contributed by atoms with Gasteiger partial charge in [-0.2, -0.15) is 5.26 Å². The fourth-order valence-corrected chi connectivity index (χ4v) is 3.67. The molecule has 6 nitrogen and oxygen atoms in total. The molecule has 28 heavy (non-hydrogen) atoms. The number of carbonyl (C=O) groups is 1. The van der Waals surface area contributed by atoms with E-state index in [1.54, 1.807) is 24.3 Å². The summed E-state index contributed by atoms with van der Waals surface area (Å²) in [5.74, 6) is -0.907. The van der Waals surface area contributed by atoms with Crippen LogP contribution in [-0.4, -0.2) is 41.4 Å². The van der Waals surface area contributed by atoms with Crippen molar-refractivity contribution in [1.29, 1.82) is 5.26 Å². The van der Waals surface area contributed by atoms with Gasteiger partial charge in [-0.05, 0) is 67.8 Å². The molecule has 0 saturated carbocycles. The lowest BCUT2D eigenvalue weighted by Crippen LogP contribution is -2.43. The Kier molecular flexibility index (Phi) is 6.30. The largest absolute Gasteiger partial charge is 0.478 e. The smallest absolute Gasteiger partial charge is 0.335 e. The molecule has 2 unspecified atom stereocenters. The highest BCUT2D eigenvalue weighted by atomic mass is 16.4. The number of aryl methyl sites for hydroxylation is 1. The number of hydrogen-bond acceptors (Lipinski definition) is 5. The first-order valence-electron chi connectivity index (χ1n) is 9.49. The van der Waals surface area contributed by atoms with Crippen LogP contribution < -0.4 is 10.6 Å². The third kappa shape index (κ3) is 4.89. The van der Waals surface area contributed by atoms with Crippen molar-refractivity contribution in [3.05, 3.63) is 65.2 Å². The predicted octanol–water partition coefficient (Wildman–Crippen LogP) is 2.64. The van der Waals surface area contributed by atoms with Crippen LogP contribution >= 0.6 is 0 Å². The Morgan fingerprint density at radius 1 is 1.21 bits per heavy atom. The lowest BCUT2D eigenvalue weighted by molar-refractivity contribution is 0.00214. The van der Waals surface area contributed by atoms with E-state index in [1.807, 2.05) is 24.3 Å². The van der Waals surface area contributed by atoms with Gasteiger partial charge in [-0.1, -0.05) is 12.1 Å². The van der Waals surface area contributed by atoms with Crippen LogP contribution in [0.4, 0.5) is 5.69 Å². The normalized spacial score (nSPS) is 19.7. The first kappa shape index (κ1) is 19.9. The van der Waals surface area contributed by atoms with Crippen LogP contribution in [0.2, 0.25) is 0 Å². The Bertz CT molecular complexity index is 835. The number of nitrogens with one attached hydrogen (secondary N) is 2. The zero-order valence-corrected chi connectivity index (χ0v) is 15.7. The lowest BCUT2D eigenvalue weighted by Gasteiger charge is -2.32. The number of β-amino-alcohol motifs (C(OH)–C–C–N with tert-alkyl or cyclic N) is 1. The van der Waals surface area contributed by atoms with Gasteiger partial charge in [-0.25, -0.2) is 4.79 Å². The van der Waals surface area contributed by atoms with Crippen molar-refractivity contribution in [2.24, 2.45) is 5.92 Å². The van der Waals surface area contributed by atoms with Crippen molar-refractivity contribution in [2.45, 2.75) is 24.9 Å². The predicted molar refractivity (Wildman–Crippen MR) is 107 cm³/mol. The molecule has 1 heterocycles. The zero-order chi connectivity index (χ0) is 20.0. The van der Waals surface area contributed by atoms with Crippen molar-refractivity contribution in [1.82, 2.24) is 5.32 Å². The molecular weight excluding hydrogens is 354 g/mol. The first-order chi connectivity index (χ1) is 13.5. The minimum absolute atomic E-state index is 0.0392. The lowest BCUT2D eigenvalue weighted by atomic mass is 9.82. The van der Waals surface area contributed by atoms with Crippen molar-refractivity contribution in [3.8, 4) is 6.07 Å². The van der Waals surface area contributed by atoms with Gasteiger partial charge >= 0.3 is 5.97 Å². The maximum atomic E-state index is 11.1. The van der Waals surface area contributed by atoms with E-state index in [2.05, 4.69) is 16.7 Å². The van der Waals surface area contributed by atoms with E-state index in [0.717, 1.165) is 30.6 Å². The maximum Gasteiger partial charge on any atom is 0.335 e. The summed E-state index contributed by atoms with van der Waals surface area (Å²) in [5.41, 5.74) is 2.11. The summed E-state index contributed by atoms with van der Waals surface area (Å²) in [5, 5.41) is 35.6. The van der Waals surface area contributed by atoms with E-state index in [-0.39, 0.29) is 11.5 Å². The Morgan fingerprint density at radius 3 is 2.50 bits per heavy atom. The van der Waals surface area contributed by atoms with Crippen molar-refractivity contribution in [2.75, 3.05) is 25.0 Å². The van der Waals surface area contributed by atoms with Crippen molar-refractivity contribution < 1.29 is 15.0 Å². The van der Waals surface area contributed by atoms with Gasteiger partial charge < -0.3 is 20.8 Å². The van der Waals surface area contributed by atoms with Crippen molar-refractivity contribution in [3.63, 3.8) is 0 Å². The highest BCUT2D eigenvalue weighted by molar-refractivity contribution is 5.87. The number of anilines is 1. The highest BCUT2D eigenvalue weighted by Crippen LogP contribution is 2.29. The number of carboxylic acid groups (broad SMARTS) is 1. The number of nitriles is 1. The van der Waals surface area contributed by atoms with Crippen LogP contribution in [-0.2, 0) is 6.42 Å². The van der Waals surface area contributed by atoms with Crippen LogP contribution in [0.15, 0.2) is 48.5 Å². The molecule has 146 valence electrons. The molecule has 0 radical (unpaired) electrons. The fourth-order valence-electron chi connectivity index (χ4n) is 3.67. The Labute approximate surface area is 164 Å². The highest BCUT2D eigenvalue weighted by Gasteiger charge is 2.38. The average molecular weight is 379 g/mol. The maximum absolute atomic E-state index is 11.1. The van der Waals surface area contributed by atoms with Crippen LogP contribution in [0.3, 0.4) is 0 Å². The summed E-state index contributed by atoms with van der Waals surface area (Å²) in [7, 11) is 0. The topological polar surface area (TPSA) is 105 Å². The molecule has 0 aromatic heterocycles. The Morgan fingerprint density at radius 2 is 1.93 bits per heavy atom. The molecule has 2 aromatic rings. The molecule has 1 saturated heterocycles. The molecule has 4 N–H and O–H groups in total. The monoisotopic (exact) mass is 379 g/mol. The molecule has 6 heteroatoms. The second-order valence-corrected chi connectivity index (χ2v) is 7.34. The Balaban J connectivity index is 1.64. The summed E-state index contributed by atoms with van der Waals surface area (Å²) >= 11 is 0. The number of hydrogen-bond donors (Lipinski definition) is 4. The molecule has 2 atom stereocenters. The van der Waals surface area contributed by atoms with E-state index in [1.165, 1.54) is 0 Å². The van der Waals surface area contributed by atoms with Gasteiger partial charge in [0.05, 0.1) is 22.8 Å². The number of carboxylic acids is 1. The molecule has 1 aliphatic rings. The molecule has 0 bridgehead atoms. The SMILES string of the molecule is N#Cc1ccc(CCC(CNc2ccc(C(=O)O)cc2)C2(O)CCNC2)cc1. The van der Waals surface area contributed by atoms with Crippen LogP contribution in [0.25, 0.3) is 0 Å². The second kappa shape index (κ2) is 8.87.